The van der Waals surface area contributed by atoms with Crippen LogP contribution in [0.2, 0.25) is 0 Å². The molecular weight excluding hydrogens is 1010 g/mol. The molecule has 0 saturated carbocycles. The number of esters is 3. The largest absolute Gasteiger partial charge is 0.462 e. The second kappa shape index (κ2) is 70.3. The molecule has 0 rings (SSSR count). The molecular formula is C76H136O6. The predicted octanol–water partition coefficient (Wildman–Crippen LogP) is 24.8. The zero-order valence-electron chi connectivity index (χ0n) is 54.8. The average Bonchev–Trinajstić information content (AvgIpc) is 3.47. The van der Waals surface area contributed by atoms with Crippen LogP contribution in [-0.2, 0) is 28.6 Å². The van der Waals surface area contributed by atoms with Crippen LogP contribution in [0.25, 0.3) is 0 Å². The van der Waals surface area contributed by atoms with Crippen molar-refractivity contribution >= 4 is 17.9 Å². The molecule has 0 saturated heterocycles. The summed E-state index contributed by atoms with van der Waals surface area (Å²) in [6, 6.07) is 0. The van der Waals surface area contributed by atoms with Gasteiger partial charge in [0.25, 0.3) is 0 Å². The van der Waals surface area contributed by atoms with Crippen LogP contribution in [0.5, 0.6) is 0 Å². The Kier molecular flexibility index (Phi) is 67.6. The van der Waals surface area contributed by atoms with E-state index in [0.29, 0.717) is 19.3 Å². The highest BCUT2D eigenvalue weighted by molar-refractivity contribution is 5.71. The van der Waals surface area contributed by atoms with E-state index < -0.39 is 6.10 Å². The lowest BCUT2D eigenvalue weighted by atomic mass is 10.0. The van der Waals surface area contributed by atoms with Crippen molar-refractivity contribution in [1.82, 2.24) is 0 Å². The first kappa shape index (κ1) is 78.8. The molecule has 82 heavy (non-hydrogen) atoms. The summed E-state index contributed by atoms with van der Waals surface area (Å²) in [4.78, 5) is 38.3. The minimum atomic E-state index is -0.785. The third kappa shape index (κ3) is 67.6. The van der Waals surface area contributed by atoms with Gasteiger partial charge in [0.1, 0.15) is 13.2 Å². The average molecular weight is 1150 g/mol. The van der Waals surface area contributed by atoms with Crippen molar-refractivity contribution in [2.24, 2.45) is 0 Å². The summed E-state index contributed by atoms with van der Waals surface area (Å²) in [5, 5.41) is 0. The number of carbonyl (C=O) groups is 3. The van der Waals surface area contributed by atoms with Crippen LogP contribution >= 0.6 is 0 Å². The molecule has 0 N–H and O–H groups in total. The molecule has 0 heterocycles. The molecule has 0 aromatic rings. The molecule has 0 aliphatic heterocycles. The molecule has 0 bridgehead atoms. The highest BCUT2D eigenvalue weighted by Gasteiger charge is 2.19. The minimum Gasteiger partial charge on any atom is -0.462 e. The van der Waals surface area contributed by atoms with Gasteiger partial charge in [-0.15, -0.1) is 0 Å². The number of hydrogen-bond acceptors (Lipinski definition) is 6. The lowest BCUT2D eigenvalue weighted by Crippen LogP contribution is -2.30. The third-order valence-electron chi connectivity index (χ3n) is 15.9. The molecule has 6 nitrogen and oxygen atoms in total. The van der Waals surface area contributed by atoms with Crippen LogP contribution in [0.3, 0.4) is 0 Å². The normalized spacial score (nSPS) is 12.5. The van der Waals surface area contributed by atoms with E-state index in [4.69, 9.17) is 14.2 Å². The molecule has 0 aromatic heterocycles. The van der Waals surface area contributed by atoms with Crippen molar-refractivity contribution in [3.63, 3.8) is 0 Å². The molecule has 476 valence electrons. The van der Waals surface area contributed by atoms with Gasteiger partial charge >= 0.3 is 17.9 Å². The molecule has 1 atom stereocenters. The van der Waals surface area contributed by atoms with Gasteiger partial charge in [-0.1, -0.05) is 318 Å². The Hall–Kier alpha value is -3.15. The summed E-state index contributed by atoms with van der Waals surface area (Å²) in [6.45, 7) is 6.57. The first-order valence-electron chi connectivity index (χ1n) is 35.9. The van der Waals surface area contributed by atoms with Crippen LogP contribution in [0, 0.1) is 0 Å². The molecule has 0 radical (unpaired) electrons. The fraction of sp³-hybridized carbons (Fsp3) is 0.803. The van der Waals surface area contributed by atoms with E-state index in [1.807, 2.05) is 0 Å². The quantitative estimate of drug-likeness (QED) is 0.0261. The highest BCUT2D eigenvalue weighted by atomic mass is 16.6. The maximum atomic E-state index is 12.9. The van der Waals surface area contributed by atoms with E-state index >= 15 is 0 Å². The molecule has 0 aliphatic carbocycles. The Morgan fingerprint density at radius 1 is 0.244 bits per heavy atom. The number of rotatable bonds is 66. The van der Waals surface area contributed by atoms with Gasteiger partial charge in [-0.05, 0) is 109 Å². The van der Waals surface area contributed by atoms with Gasteiger partial charge in [-0.25, -0.2) is 0 Å². The summed E-state index contributed by atoms with van der Waals surface area (Å²) in [7, 11) is 0. The van der Waals surface area contributed by atoms with Gasteiger partial charge < -0.3 is 14.2 Å². The zero-order chi connectivity index (χ0) is 59.2. The molecule has 6 heteroatoms. The van der Waals surface area contributed by atoms with Crippen LogP contribution in [0.1, 0.15) is 374 Å². The van der Waals surface area contributed by atoms with Crippen molar-refractivity contribution in [2.75, 3.05) is 13.2 Å². The predicted molar refractivity (Wildman–Crippen MR) is 358 cm³/mol. The Morgan fingerprint density at radius 3 is 0.768 bits per heavy atom. The van der Waals surface area contributed by atoms with Crippen molar-refractivity contribution in [1.29, 1.82) is 0 Å². The van der Waals surface area contributed by atoms with Crippen molar-refractivity contribution in [2.45, 2.75) is 380 Å². The van der Waals surface area contributed by atoms with Gasteiger partial charge in [0, 0.05) is 19.3 Å². The lowest BCUT2D eigenvalue weighted by molar-refractivity contribution is -0.167. The van der Waals surface area contributed by atoms with E-state index in [0.717, 1.165) is 103 Å². The summed E-state index contributed by atoms with van der Waals surface area (Å²) in [5.74, 6) is -0.886. The van der Waals surface area contributed by atoms with Gasteiger partial charge in [0.05, 0.1) is 0 Å². The SMILES string of the molecule is CCC/C=C\CCCCCCCC(=O)OCC(COC(=O)CCCCCCCCCCCCCCCCCCCCCCCCC/C=C\C/C=C\CCCCCCC)OC(=O)CCCCCCCC/C=C\C/C=C\C/C=C\CCCCC. The number of ether oxygens (including phenoxy) is 3. The first-order valence-corrected chi connectivity index (χ1v) is 35.9. The summed E-state index contributed by atoms with van der Waals surface area (Å²) >= 11 is 0. The number of hydrogen-bond donors (Lipinski definition) is 0. The van der Waals surface area contributed by atoms with Crippen LogP contribution in [-0.4, -0.2) is 37.2 Å². The summed E-state index contributed by atoms with van der Waals surface area (Å²) in [6.07, 6.45) is 92.5. The van der Waals surface area contributed by atoms with Crippen molar-refractivity contribution in [3.05, 3.63) is 72.9 Å². The van der Waals surface area contributed by atoms with Gasteiger partial charge in [-0.2, -0.15) is 0 Å². The lowest BCUT2D eigenvalue weighted by Gasteiger charge is -2.18. The number of allylic oxidation sites excluding steroid dienone is 12. The molecule has 0 aliphatic rings. The Bertz CT molecular complexity index is 1500. The van der Waals surface area contributed by atoms with E-state index in [9.17, 15) is 14.4 Å². The van der Waals surface area contributed by atoms with Gasteiger partial charge in [0.2, 0.25) is 0 Å². The Balaban J connectivity index is 4.06. The monoisotopic (exact) mass is 1150 g/mol. The van der Waals surface area contributed by atoms with Crippen molar-refractivity contribution in [3.8, 4) is 0 Å². The first-order chi connectivity index (χ1) is 40.5. The maximum Gasteiger partial charge on any atom is 0.306 e. The van der Waals surface area contributed by atoms with E-state index in [1.165, 1.54) is 231 Å². The minimum absolute atomic E-state index is 0.0800. The smallest absolute Gasteiger partial charge is 0.306 e. The molecule has 0 amide bonds. The second-order valence-electron chi connectivity index (χ2n) is 24.1. The van der Waals surface area contributed by atoms with E-state index in [2.05, 4.69) is 93.7 Å². The maximum absolute atomic E-state index is 12.9. The van der Waals surface area contributed by atoms with Crippen LogP contribution in [0.15, 0.2) is 72.9 Å². The van der Waals surface area contributed by atoms with Gasteiger partial charge in [0.15, 0.2) is 6.10 Å². The molecule has 0 aromatic carbocycles. The molecule has 0 fully saturated rings. The van der Waals surface area contributed by atoms with E-state index in [1.54, 1.807) is 0 Å². The zero-order valence-corrected chi connectivity index (χ0v) is 54.8. The fourth-order valence-corrected chi connectivity index (χ4v) is 10.5. The standard InChI is InChI=1S/C76H136O6/c1-4-7-10-13-16-19-22-24-26-28-30-31-32-33-34-35-36-37-38-39-40-41-42-43-44-45-47-48-50-52-54-57-60-63-66-69-75(78)81-72-73(71-80-74(77)68-65-62-59-56-21-18-15-12-9-6-3)82-76(79)70-67-64-61-58-55-53-51-49-46-29-27-25-23-20-17-14-11-8-5-2/h12,15,17,20,22,24-25,27-28,30,46,49,73H,4-11,13-14,16,18-19,21,23,26,29,31-45,47-48,50-72H2,1-3H3/b15-12-,20-17-,24-22-,27-25-,30-28-,49-46-. The topological polar surface area (TPSA) is 78.9 Å². The fourth-order valence-electron chi connectivity index (χ4n) is 10.5. The van der Waals surface area contributed by atoms with Crippen LogP contribution in [0.4, 0.5) is 0 Å². The molecule has 1 unspecified atom stereocenters. The van der Waals surface area contributed by atoms with Crippen molar-refractivity contribution < 1.29 is 28.6 Å². The number of unbranched alkanes of at least 4 members (excludes halogenated alkanes) is 43. The Morgan fingerprint density at radius 2 is 0.463 bits per heavy atom. The highest BCUT2D eigenvalue weighted by Crippen LogP contribution is 2.18. The molecule has 0 spiro atoms. The third-order valence-corrected chi connectivity index (χ3v) is 15.9. The Labute approximate surface area is 510 Å². The van der Waals surface area contributed by atoms with Gasteiger partial charge in [-0.3, -0.25) is 14.4 Å². The van der Waals surface area contributed by atoms with Crippen LogP contribution < -0.4 is 0 Å². The second-order valence-corrected chi connectivity index (χ2v) is 24.1. The van der Waals surface area contributed by atoms with E-state index in [-0.39, 0.29) is 31.1 Å². The summed E-state index contributed by atoms with van der Waals surface area (Å²) < 4.78 is 16.9. The number of carbonyl (C=O) groups excluding carboxylic acids is 3. The summed E-state index contributed by atoms with van der Waals surface area (Å²) in [5.41, 5.74) is 0.